The maximum atomic E-state index is 4.84. The first-order chi connectivity index (χ1) is 11.6. The smallest absolute Gasteiger partial charge is 0.141 e. The van der Waals surface area contributed by atoms with E-state index in [0.29, 0.717) is 0 Å². The third-order valence-corrected chi connectivity index (χ3v) is 5.58. The summed E-state index contributed by atoms with van der Waals surface area (Å²) in [7, 11) is 0. The molecule has 5 heteroatoms. The molecule has 24 heavy (non-hydrogen) atoms. The van der Waals surface area contributed by atoms with Gasteiger partial charge in [0.15, 0.2) is 0 Å². The van der Waals surface area contributed by atoms with E-state index < -0.39 is 0 Å². The Hall–Kier alpha value is -1.98. The average molecular weight is 338 g/mol. The van der Waals surface area contributed by atoms with Crippen LogP contribution >= 0.6 is 11.3 Å². The molecule has 3 aromatic rings. The van der Waals surface area contributed by atoms with E-state index in [9.17, 15) is 0 Å². The van der Waals surface area contributed by atoms with E-state index in [2.05, 4.69) is 48.3 Å². The number of thiophene rings is 1. The van der Waals surface area contributed by atoms with Gasteiger partial charge in [0.25, 0.3) is 0 Å². The van der Waals surface area contributed by atoms with Gasteiger partial charge in [0.05, 0.1) is 5.39 Å². The number of fused-ring (bicyclic) bond motifs is 1. The molecule has 1 saturated heterocycles. The molecule has 0 radical (unpaired) electrons. The number of hydrogen-bond donors (Lipinski definition) is 1. The summed E-state index contributed by atoms with van der Waals surface area (Å²) in [5.41, 5.74) is 3.84. The zero-order chi connectivity index (χ0) is 16.7. The Kier molecular flexibility index (Phi) is 3.98. The fourth-order valence-electron chi connectivity index (χ4n) is 3.37. The zero-order valence-electron chi connectivity index (χ0n) is 14.4. The van der Waals surface area contributed by atoms with E-state index in [0.717, 1.165) is 42.7 Å². The Morgan fingerprint density at radius 1 is 1.00 bits per heavy atom. The molecule has 0 atom stereocenters. The highest BCUT2D eigenvalue weighted by Gasteiger charge is 2.22. The molecule has 124 valence electrons. The summed E-state index contributed by atoms with van der Waals surface area (Å²) in [6.45, 7) is 10.3. The van der Waals surface area contributed by atoms with E-state index in [1.807, 2.05) is 6.92 Å². The van der Waals surface area contributed by atoms with Gasteiger partial charge in [-0.1, -0.05) is 29.8 Å². The summed E-state index contributed by atoms with van der Waals surface area (Å²) in [5.74, 6) is 1.95. The minimum Gasteiger partial charge on any atom is -0.353 e. The number of piperazine rings is 1. The number of nitrogens with one attached hydrogen (secondary N) is 1. The minimum atomic E-state index is 0.854. The Morgan fingerprint density at radius 3 is 2.42 bits per heavy atom. The van der Waals surface area contributed by atoms with Crippen LogP contribution in [0, 0.1) is 20.8 Å². The quantitative estimate of drug-likeness (QED) is 0.774. The van der Waals surface area contributed by atoms with Crippen molar-refractivity contribution in [3.05, 3.63) is 40.5 Å². The third-order valence-electron chi connectivity index (χ3n) is 4.58. The molecule has 1 aliphatic heterocycles. The molecule has 1 fully saturated rings. The molecule has 0 saturated carbocycles. The molecule has 1 N–H and O–H groups in total. The Morgan fingerprint density at radius 2 is 1.71 bits per heavy atom. The SMILES string of the molecule is Cc1ccc(-c2c(C)sc3nc(C)nc(N4CCNCC4)c23)cc1. The fourth-order valence-corrected chi connectivity index (χ4v) is 4.46. The highest BCUT2D eigenvalue weighted by molar-refractivity contribution is 7.19. The van der Waals surface area contributed by atoms with Crippen LogP contribution in [0.25, 0.3) is 21.3 Å². The molecule has 0 bridgehead atoms. The Balaban J connectivity index is 1.96. The largest absolute Gasteiger partial charge is 0.353 e. The molecule has 0 amide bonds. The maximum absolute atomic E-state index is 4.84. The van der Waals surface area contributed by atoms with Gasteiger partial charge in [-0.25, -0.2) is 9.97 Å². The van der Waals surface area contributed by atoms with Crippen LogP contribution in [0.2, 0.25) is 0 Å². The summed E-state index contributed by atoms with van der Waals surface area (Å²) < 4.78 is 0. The second-order valence-corrected chi connectivity index (χ2v) is 7.61. The number of rotatable bonds is 2. The van der Waals surface area contributed by atoms with Crippen LogP contribution in [0.5, 0.6) is 0 Å². The van der Waals surface area contributed by atoms with E-state index in [4.69, 9.17) is 9.97 Å². The number of aryl methyl sites for hydroxylation is 3. The molecule has 4 nitrogen and oxygen atoms in total. The lowest BCUT2D eigenvalue weighted by Gasteiger charge is -2.29. The van der Waals surface area contributed by atoms with Gasteiger partial charge in [0, 0.05) is 36.6 Å². The normalized spacial score (nSPS) is 15.2. The Bertz CT molecular complexity index is 877. The molecule has 0 unspecified atom stereocenters. The lowest BCUT2D eigenvalue weighted by molar-refractivity contribution is 0.585. The van der Waals surface area contributed by atoms with Crippen molar-refractivity contribution in [2.45, 2.75) is 20.8 Å². The van der Waals surface area contributed by atoms with E-state index in [-0.39, 0.29) is 0 Å². The molecule has 2 aromatic heterocycles. The predicted molar refractivity (Wildman–Crippen MR) is 102 cm³/mol. The van der Waals surface area contributed by atoms with Crippen molar-refractivity contribution in [1.29, 1.82) is 0 Å². The van der Waals surface area contributed by atoms with Crippen molar-refractivity contribution < 1.29 is 0 Å². The molecule has 0 spiro atoms. The number of nitrogens with zero attached hydrogens (tertiary/aromatic N) is 3. The van der Waals surface area contributed by atoms with Crippen molar-refractivity contribution >= 4 is 27.4 Å². The van der Waals surface area contributed by atoms with Gasteiger partial charge in [-0.2, -0.15) is 0 Å². The van der Waals surface area contributed by atoms with Crippen molar-refractivity contribution in [2.75, 3.05) is 31.1 Å². The summed E-state index contributed by atoms with van der Waals surface area (Å²) in [5, 5.41) is 4.64. The second-order valence-electron chi connectivity index (χ2n) is 6.41. The van der Waals surface area contributed by atoms with Gasteiger partial charge >= 0.3 is 0 Å². The van der Waals surface area contributed by atoms with Crippen molar-refractivity contribution in [3.8, 4) is 11.1 Å². The van der Waals surface area contributed by atoms with Crippen LogP contribution < -0.4 is 10.2 Å². The first kappa shape index (κ1) is 15.5. The summed E-state index contributed by atoms with van der Waals surface area (Å²) in [6.07, 6.45) is 0. The van der Waals surface area contributed by atoms with Crippen LogP contribution in [0.3, 0.4) is 0 Å². The fraction of sp³-hybridized carbons (Fsp3) is 0.368. The maximum Gasteiger partial charge on any atom is 0.141 e. The van der Waals surface area contributed by atoms with E-state index in [1.54, 1.807) is 11.3 Å². The number of aromatic nitrogens is 2. The van der Waals surface area contributed by atoms with Gasteiger partial charge in [0.1, 0.15) is 16.5 Å². The lowest BCUT2D eigenvalue weighted by Crippen LogP contribution is -2.44. The van der Waals surface area contributed by atoms with Crippen LogP contribution in [-0.2, 0) is 0 Å². The number of benzene rings is 1. The van der Waals surface area contributed by atoms with Gasteiger partial charge in [-0.3, -0.25) is 0 Å². The highest BCUT2D eigenvalue weighted by Crippen LogP contribution is 2.41. The monoisotopic (exact) mass is 338 g/mol. The summed E-state index contributed by atoms with van der Waals surface area (Å²) in [6, 6.07) is 8.78. The average Bonchev–Trinajstić information content (AvgIpc) is 2.91. The van der Waals surface area contributed by atoms with Crippen molar-refractivity contribution in [3.63, 3.8) is 0 Å². The predicted octanol–water partition coefficient (Wildman–Crippen LogP) is 3.69. The molecular weight excluding hydrogens is 316 g/mol. The van der Waals surface area contributed by atoms with E-state index in [1.165, 1.54) is 27.0 Å². The second kappa shape index (κ2) is 6.15. The van der Waals surface area contributed by atoms with Crippen molar-refractivity contribution in [1.82, 2.24) is 15.3 Å². The van der Waals surface area contributed by atoms with Crippen LogP contribution in [0.4, 0.5) is 5.82 Å². The molecule has 0 aliphatic carbocycles. The Labute approximate surface area is 146 Å². The number of anilines is 1. The van der Waals surface area contributed by atoms with Crippen molar-refractivity contribution in [2.24, 2.45) is 0 Å². The summed E-state index contributed by atoms with van der Waals surface area (Å²) in [4.78, 5) is 14.4. The standard InChI is InChI=1S/C19H22N4S/c1-12-4-6-15(7-5-12)16-13(2)24-19-17(16)18(21-14(3)22-19)23-10-8-20-9-11-23/h4-7,20H,8-11H2,1-3H3. The molecule has 4 rings (SSSR count). The molecule has 3 heterocycles. The van der Waals surface area contributed by atoms with Crippen LogP contribution in [0.15, 0.2) is 24.3 Å². The minimum absolute atomic E-state index is 0.854. The summed E-state index contributed by atoms with van der Waals surface area (Å²) >= 11 is 1.78. The van der Waals surface area contributed by atoms with Gasteiger partial charge in [0.2, 0.25) is 0 Å². The topological polar surface area (TPSA) is 41.1 Å². The molecular formula is C19H22N4S. The van der Waals surface area contributed by atoms with Gasteiger partial charge in [-0.15, -0.1) is 11.3 Å². The van der Waals surface area contributed by atoms with Gasteiger partial charge in [-0.05, 0) is 26.3 Å². The molecule has 1 aliphatic rings. The third kappa shape index (κ3) is 2.68. The first-order valence-corrected chi connectivity index (χ1v) is 9.25. The van der Waals surface area contributed by atoms with Gasteiger partial charge < -0.3 is 10.2 Å². The van der Waals surface area contributed by atoms with E-state index >= 15 is 0 Å². The highest BCUT2D eigenvalue weighted by atomic mass is 32.1. The zero-order valence-corrected chi connectivity index (χ0v) is 15.2. The first-order valence-electron chi connectivity index (χ1n) is 8.44. The van der Waals surface area contributed by atoms with Crippen LogP contribution in [-0.4, -0.2) is 36.1 Å². The number of hydrogen-bond acceptors (Lipinski definition) is 5. The van der Waals surface area contributed by atoms with Crippen LogP contribution in [0.1, 0.15) is 16.3 Å². The lowest BCUT2D eigenvalue weighted by atomic mass is 10.0. The molecule has 1 aromatic carbocycles.